The number of hydrogen-bond acceptors (Lipinski definition) is 5. The maximum absolute atomic E-state index is 12.2. The number of hydrogen-bond donors (Lipinski definition) is 1. The molecule has 0 radical (unpaired) electrons. The van der Waals surface area contributed by atoms with Crippen molar-refractivity contribution < 1.29 is 14.3 Å². The summed E-state index contributed by atoms with van der Waals surface area (Å²) in [5.74, 6) is 0.302. The molecule has 1 spiro atoms. The molecule has 118 valence electrons. The van der Waals surface area contributed by atoms with Gasteiger partial charge in [0, 0.05) is 19.2 Å². The largest absolute Gasteiger partial charge is 0.405 e. The Hall–Kier alpha value is -1.72. The highest BCUT2D eigenvalue weighted by atomic mass is 16.6. The van der Waals surface area contributed by atoms with Gasteiger partial charge in [0.2, 0.25) is 5.90 Å². The van der Waals surface area contributed by atoms with Gasteiger partial charge >= 0.3 is 5.97 Å². The van der Waals surface area contributed by atoms with E-state index in [0.717, 1.165) is 43.4 Å². The number of carbonyl (C=O) groups excluding carboxylic acids is 1. The number of esters is 1. The summed E-state index contributed by atoms with van der Waals surface area (Å²) in [7, 11) is 1.66. The first-order chi connectivity index (χ1) is 10.7. The Kier molecular flexibility index (Phi) is 4.55. The van der Waals surface area contributed by atoms with Crippen LogP contribution in [0.2, 0.25) is 0 Å². The normalized spacial score (nSPS) is 20.0. The molecule has 1 fully saturated rings. The SMILES string of the molecule is COCNCc1ccc(C2=NC3(CCCCC3)C(=O)O2)cc1. The maximum atomic E-state index is 12.2. The number of nitrogens with zero attached hydrogens (tertiary/aromatic N) is 1. The van der Waals surface area contributed by atoms with Crippen LogP contribution in [0.3, 0.4) is 0 Å². The molecule has 0 aromatic heterocycles. The van der Waals surface area contributed by atoms with Gasteiger partial charge in [-0.2, -0.15) is 0 Å². The molecule has 1 saturated carbocycles. The highest BCUT2D eigenvalue weighted by molar-refractivity contribution is 6.07. The van der Waals surface area contributed by atoms with Gasteiger partial charge in [-0.25, -0.2) is 9.79 Å². The van der Waals surface area contributed by atoms with Crippen LogP contribution in [0.1, 0.15) is 43.2 Å². The highest BCUT2D eigenvalue weighted by Gasteiger charge is 2.46. The Bertz CT molecular complexity index is 560. The lowest BCUT2D eigenvalue weighted by atomic mass is 9.83. The molecule has 0 amide bonds. The zero-order chi connectivity index (χ0) is 15.4. The molecule has 1 N–H and O–H groups in total. The molecular formula is C17H22N2O3. The van der Waals surface area contributed by atoms with Crippen molar-refractivity contribution in [3.8, 4) is 0 Å². The third-order valence-corrected chi connectivity index (χ3v) is 4.34. The number of benzene rings is 1. The van der Waals surface area contributed by atoms with Gasteiger partial charge in [-0.05, 0) is 30.5 Å². The fourth-order valence-corrected chi connectivity index (χ4v) is 3.08. The number of nitrogens with one attached hydrogen (secondary N) is 1. The van der Waals surface area contributed by atoms with Gasteiger partial charge in [-0.15, -0.1) is 0 Å². The summed E-state index contributed by atoms with van der Waals surface area (Å²) in [5.41, 5.74) is 1.41. The van der Waals surface area contributed by atoms with E-state index in [9.17, 15) is 4.79 Å². The number of ether oxygens (including phenoxy) is 2. The lowest BCUT2D eigenvalue weighted by Crippen LogP contribution is -2.35. The minimum atomic E-state index is -0.605. The number of carbonyl (C=O) groups is 1. The van der Waals surface area contributed by atoms with E-state index in [0.29, 0.717) is 12.6 Å². The number of aliphatic imine (C=N–C) groups is 1. The smallest absolute Gasteiger partial charge is 0.340 e. The fourth-order valence-electron chi connectivity index (χ4n) is 3.08. The standard InChI is InChI=1S/C17H22N2O3/c1-21-12-18-11-13-5-7-14(8-6-13)15-19-17(16(20)22-15)9-3-2-4-10-17/h5-8,18H,2-4,9-12H2,1H3. The van der Waals surface area contributed by atoms with Crippen molar-refractivity contribution in [1.82, 2.24) is 5.32 Å². The molecule has 1 aliphatic carbocycles. The average Bonchev–Trinajstić information content (AvgIpc) is 2.86. The summed E-state index contributed by atoms with van der Waals surface area (Å²) in [6.45, 7) is 1.26. The molecule has 5 heteroatoms. The van der Waals surface area contributed by atoms with E-state index in [1.165, 1.54) is 6.42 Å². The fraction of sp³-hybridized carbons (Fsp3) is 0.529. The topological polar surface area (TPSA) is 59.9 Å². The average molecular weight is 302 g/mol. The first kappa shape index (κ1) is 15.2. The molecule has 1 aromatic rings. The third kappa shape index (κ3) is 3.05. The molecule has 0 unspecified atom stereocenters. The molecule has 1 aliphatic heterocycles. The first-order valence-corrected chi connectivity index (χ1v) is 7.85. The van der Waals surface area contributed by atoms with Gasteiger partial charge in [-0.3, -0.25) is 5.32 Å². The van der Waals surface area contributed by atoms with E-state index < -0.39 is 5.54 Å². The number of cyclic esters (lactones) is 1. The summed E-state index contributed by atoms with van der Waals surface area (Å²) in [5, 5.41) is 3.16. The summed E-state index contributed by atoms with van der Waals surface area (Å²) in [6.07, 6.45) is 4.91. The van der Waals surface area contributed by atoms with Crippen molar-refractivity contribution in [2.45, 2.75) is 44.2 Å². The molecule has 22 heavy (non-hydrogen) atoms. The summed E-state index contributed by atoms with van der Waals surface area (Å²) in [6, 6.07) is 7.94. The van der Waals surface area contributed by atoms with Gasteiger partial charge in [0.25, 0.3) is 0 Å². The molecule has 0 atom stereocenters. The van der Waals surface area contributed by atoms with Gasteiger partial charge < -0.3 is 9.47 Å². The van der Waals surface area contributed by atoms with E-state index in [4.69, 9.17) is 9.47 Å². The van der Waals surface area contributed by atoms with Crippen LogP contribution < -0.4 is 5.32 Å². The van der Waals surface area contributed by atoms with E-state index in [1.54, 1.807) is 7.11 Å². The van der Waals surface area contributed by atoms with Crippen LogP contribution >= 0.6 is 0 Å². The Morgan fingerprint density at radius 1 is 1.23 bits per heavy atom. The minimum absolute atomic E-state index is 0.173. The van der Waals surface area contributed by atoms with Crippen molar-refractivity contribution in [3.05, 3.63) is 35.4 Å². The van der Waals surface area contributed by atoms with Crippen LogP contribution in [0.5, 0.6) is 0 Å². The maximum Gasteiger partial charge on any atom is 0.340 e. The Labute approximate surface area is 130 Å². The highest BCUT2D eigenvalue weighted by Crippen LogP contribution is 2.37. The van der Waals surface area contributed by atoms with Crippen molar-refractivity contribution in [3.63, 3.8) is 0 Å². The van der Waals surface area contributed by atoms with Crippen LogP contribution in [0.25, 0.3) is 0 Å². The molecule has 2 aliphatic rings. The van der Waals surface area contributed by atoms with Crippen LogP contribution in [-0.2, 0) is 20.8 Å². The molecule has 0 bridgehead atoms. The first-order valence-electron chi connectivity index (χ1n) is 7.85. The van der Waals surface area contributed by atoms with Crippen molar-refractivity contribution in [2.75, 3.05) is 13.8 Å². The second kappa shape index (κ2) is 6.58. The second-order valence-corrected chi connectivity index (χ2v) is 5.96. The monoisotopic (exact) mass is 302 g/mol. The van der Waals surface area contributed by atoms with Crippen LogP contribution in [0, 0.1) is 0 Å². The third-order valence-electron chi connectivity index (χ3n) is 4.34. The zero-order valence-electron chi connectivity index (χ0n) is 12.9. The lowest BCUT2D eigenvalue weighted by Gasteiger charge is -2.25. The molecule has 1 heterocycles. The van der Waals surface area contributed by atoms with Crippen molar-refractivity contribution in [2.24, 2.45) is 4.99 Å². The summed E-state index contributed by atoms with van der Waals surface area (Å²) < 4.78 is 10.4. The summed E-state index contributed by atoms with van der Waals surface area (Å²) >= 11 is 0. The molecule has 3 rings (SSSR count). The molecule has 0 saturated heterocycles. The summed E-state index contributed by atoms with van der Waals surface area (Å²) in [4.78, 5) is 16.9. The molecule has 1 aromatic carbocycles. The lowest BCUT2D eigenvalue weighted by molar-refractivity contribution is -0.140. The minimum Gasteiger partial charge on any atom is -0.405 e. The Morgan fingerprint density at radius 2 is 1.95 bits per heavy atom. The van der Waals surface area contributed by atoms with Gasteiger partial charge in [0.1, 0.15) is 0 Å². The van der Waals surface area contributed by atoms with Crippen molar-refractivity contribution in [1.29, 1.82) is 0 Å². The Morgan fingerprint density at radius 3 is 2.64 bits per heavy atom. The molecular weight excluding hydrogens is 280 g/mol. The molecule has 5 nitrogen and oxygen atoms in total. The number of methoxy groups -OCH3 is 1. The van der Waals surface area contributed by atoms with Crippen molar-refractivity contribution >= 4 is 11.9 Å². The van der Waals surface area contributed by atoms with E-state index in [1.807, 2.05) is 24.3 Å². The van der Waals surface area contributed by atoms with Gasteiger partial charge in [-0.1, -0.05) is 31.4 Å². The van der Waals surface area contributed by atoms with Gasteiger partial charge in [0.15, 0.2) is 5.54 Å². The predicted molar refractivity (Wildman–Crippen MR) is 83.6 cm³/mol. The zero-order valence-corrected chi connectivity index (χ0v) is 12.9. The van der Waals surface area contributed by atoms with E-state index in [-0.39, 0.29) is 5.97 Å². The predicted octanol–water partition coefficient (Wildman–Crippen LogP) is 2.39. The van der Waals surface area contributed by atoms with Crippen LogP contribution in [0.4, 0.5) is 0 Å². The van der Waals surface area contributed by atoms with Crippen LogP contribution in [0.15, 0.2) is 29.3 Å². The van der Waals surface area contributed by atoms with Crippen LogP contribution in [-0.4, -0.2) is 31.2 Å². The van der Waals surface area contributed by atoms with E-state index >= 15 is 0 Å². The van der Waals surface area contributed by atoms with Gasteiger partial charge in [0.05, 0.1) is 6.73 Å². The quantitative estimate of drug-likeness (QED) is 0.515. The second-order valence-electron chi connectivity index (χ2n) is 5.96. The Balaban J connectivity index is 1.71. The number of rotatable bonds is 5. The van der Waals surface area contributed by atoms with E-state index in [2.05, 4.69) is 10.3 Å².